The van der Waals surface area contributed by atoms with Crippen molar-refractivity contribution in [2.24, 2.45) is 7.05 Å². The molecule has 3 aromatic heterocycles. The minimum atomic E-state index is -0.289. The maximum Gasteiger partial charge on any atom is 0.163 e. The van der Waals surface area contributed by atoms with E-state index in [0.29, 0.717) is 17.9 Å². The fraction of sp³-hybridized carbons (Fsp3) is 0.176. The average molecular weight is 322 g/mol. The van der Waals surface area contributed by atoms with Crippen LogP contribution in [0.1, 0.15) is 17.3 Å². The first-order valence-corrected chi connectivity index (χ1v) is 7.55. The summed E-state index contributed by atoms with van der Waals surface area (Å²) in [4.78, 5) is 13.2. The van der Waals surface area contributed by atoms with E-state index in [2.05, 4.69) is 20.1 Å². The average Bonchev–Trinajstić information content (AvgIpc) is 3.14. The highest BCUT2D eigenvalue weighted by molar-refractivity contribution is 5.70. The van der Waals surface area contributed by atoms with Crippen molar-refractivity contribution in [2.75, 3.05) is 0 Å². The Morgan fingerprint density at radius 3 is 2.88 bits per heavy atom. The van der Waals surface area contributed by atoms with Gasteiger partial charge in [0.1, 0.15) is 23.0 Å². The molecule has 0 atom stereocenters. The molecule has 0 radical (unpaired) electrons. The molecule has 3 heterocycles. The van der Waals surface area contributed by atoms with Gasteiger partial charge in [0.15, 0.2) is 5.65 Å². The number of rotatable bonds is 3. The van der Waals surface area contributed by atoms with Gasteiger partial charge in [-0.3, -0.25) is 0 Å². The molecule has 120 valence electrons. The van der Waals surface area contributed by atoms with E-state index >= 15 is 0 Å². The van der Waals surface area contributed by atoms with Gasteiger partial charge in [-0.25, -0.2) is 24.0 Å². The van der Waals surface area contributed by atoms with Crippen LogP contribution in [0.4, 0.5) is 4.39 Å². The quantitative estimate of drug-likeness (QED) is 0.582. The number of fused-ring (bicyclic) bond motifs is 1. The second-order valence-electron chi connectivity index (χ2n) is 5.60. The summed E-state index contributed by atoms with van der Waals surface area (Å²) in [7, 11) is 1.93. The number of benzene rings is 1. The van der Waals surface area contributed by atoms with Crippen LogP contribution in [0.5, 0.6) is 0 Å². The highest BCUT2D eigenvalue weighted by Gasteiger charge is 2.13. The first-order chi connectivity index (χ1) is 11.6. The third-order valence-electron chi connectivity index (χ3n) is 3.94. The molecule has 1 aromatic carbocycles. The lowest BCUT2D eigenvalue weighted by Crippen LogP contribution is -2.06. The smallest absolute Gasteiger partial charge is 0.163 e. The lowest BCUT2D eigenvalue weighted by atomic mass is 10.2. The van der Waals surface area contributed by atoms with Crippen LogP contribution in [0, 0.1) is 12.7 Å². The highest BCUT2D eigenvalue weighted by atomic mass is 19.1. The molecule has 4 aromatic rings. The summed E-state index contributed by atoms with van der Waals surface area (Å²) in [5, 5.41) is 4.31. The predicted molar refractivity (Wildman–Crippen MR) is 87.4 cm³/mol. The molecule has 0 unspecified atom stereocenters. The molecular weight excluding hydrogens is 307 g/mol. The Morgan fingerprint density at radius 1 is 1.17 bits per heavy atom. The largest absolute Gasteiger partial charge is 0.315 e. The highest BCUT2D eigenvalue weighted by Crippen LogP contribution is 2.18. The third-order valence-corrected chi connectivity index (χ3v) is 3.94. The Labute approximate surface area is 137 Å². The monoisotopic (exact) mass is 322 g/mol. The summed E-state index contributed by atoms with van der Waals surface area (Å²) >= 11 is 0. The van der Waals surface area contributed by atoms with Crippen LogP contribution in [0.2, 0.25) is 0 Å². The zero-order valence-corrected chi connectivity index (χ0v) is 13.3. The van der Waals surface area contributed by atoms with Gasteiger partial charge < -0.3 is 4.57 Å². The summed E-state index contributed by atoms with van der Waals surface area (Å²) < 4.78 is 17.2. The Bertz CT molecular complexity index is 1030. The van der Waals surface area contributed by atoms with E-state index in [9.17, 15) is 4.39 Å². The van der Waals surface area contributed by atoms with Crippen LogP contribution in [-0.4, -0.2) is 29.3 Å². The van der Waals surface area contributed by atoms with Gasteiger partial charge in [0.25, 0.3) is 0 Å². The molecule has 0 aliphatic carbocycles. The maximum absolute atomic E-state index is 13.5. The lowest BCUT2D eigenvalue weighted by molar-refractivity contribution is 0.624. The molecular formula is C17H15FN6. The molecule has 24 heavy (non-hydrogen) atoms. The number of hydrogen-bond donors (Lipinski definition) is 0. The summed E-state index contributed by atoms with van der Waals surface area (Å²) in [5.41, 5.74) is 3.16. The number of aryl methyl sites for hydroxylation is 2. The van der Waals surface area contributed by atoms with Crippen molar-refractivity contribution in [3.05, 3.63) is 65.9 Å². The van der Waals surface area contributed by atoms with Crippen molar-refractivity contribution in [3.63, 3.8) is 0 Å². The Hall–Kier alpha value is -3.09. The van der Waals surface area contributed by atoms with Gasteiger partial charge in [-0.15, -0.1) is 0 Å². The molecule has 6 nitrogen and oxygen atoms in total. The summed E-state index contributed by atoms with van der Waals surface area (Å²) in [5.74, 6) is 1.27. The van der Waals surface area contributed by atoms with Gasteiger partial charge in [-0.05, 0) is 31.2 Å². The van der Waals surface area contributed by atoms with E-state index in [1.165, 1.54) is 12.1 Å². The minimum absolute atomic E-state index is 0.289. The van der Waals surface area contributed by atoms with E-state index in [4.69, 9.17) is 0 Å². The van der Waals surface area contributed by atoms with Crippen molar-refractivity contribution in [1.29, 1.82) is 0 Å². The van der Waals surface area contributed by atoms with Gasteiger partial charge in [-0.2, -0.15) is 5.10 Å². The van der Waals surface area contributed by atoms with E-state index in [-0.39, 0.29) is 5.82 Å². The number of hydrogen-bond acceptors (Lipinski definition) is 4. The third kappa shape index (κ3) is 2.44. The number of halogens is 1. The summed E-state index contributed by atoms with van der Waals surface area (Å²) in [6.45, 7) is 1.85. The first-order valence-electron chi connectivity index (χ1n) is 7.55. The SMILES string of the molecule is Cc1ncc2nc(Cc3ccnn3-c3cccc(F)c3)n(C)c2n1. The minimum Gasteiger partial charge on any atom is -0.315 e. The van der Waals surface area contributed by atoms with Gasteiger partial charge in [-0.1, -0.05) is 6.07 Å². The Morgan fingerprint density at radius 2 is 2.04 bits per heavy atom. The number of imidazole rings is 1. The van der Waals surface area contributed by atoms with Gasteiger partial charge in [0, 0.05) is 19.7 Å². The van der Waals surface area contributed by atoms with E-state index in [1.807, 2.05) is 30.7 Å². The van der Waals surface area contributed by atoms with Crippen molar-refractivity contribution in [1.82, 2.24) is 29.3 Å². The number of nitrogens with zero attached hydrogens (tertiary/aromatic N) is 6. The molecule has 0 saturated heterocycles. The molecule has 0 aliphatic rings. The van der Waals surface area contributed by atoms with Gasteiger partial charge >= 0.3 is 0 Å². The topological polar surface area (TPSA) is 61.4 Å². The molecule has 0 saturated carbocycles. The summed E-state index contributed by atoms with van der Waals surface area (Å²) in [6, 6.07) is 8.27. The van der Waals surface area contributed by atoms with Crippen molar-refractivity contribution in [3.8, 4) is 5.69 Å². The van der Waals surface area contributed by atoms with Gasteiger partial charge in [0.2, 0.25) is 0 Å². The zero-order chi connectivity index (χ0) is 16.7. The van der Waals surface area contributed by atoms with E-state index in [0.717, 1.165) is 22.7 Å². The van der Waals surface area contributed by atoms with Crippen LogP contribution in [0.15, 0.2) is 42.7 Å². The van der Waals surface area contributed by atoms with E-state index < -0.39 is 0 Å². The molecule has 7 heteroatoms. The van der Waals surface area contributed by atoms with Crippen LogP contribution in [0.3, 0.4) is 0 Å². The number of aromatic nitrogens is 6. The van der Waals surface area contributed by atoms with Crippen LogP contribution < -0.4 is 0 Å². The predicted octanol–water partition coefficient (Wildman–Crippen LogP) is 2.59. The van der Waals surface area contributed by atoms with Crippen molar-refractivity contribution in [2.45, 2.75) is 13.3 Å². The normalized spacial score (nSPS) is 11.3. The van der Waals surface area contributed by atoms with Gasteiger partial charge in [0.05, 0.1) is 17.6 Å². The van der Waals surface area contributed by atoms with E-state index in [1.54, 1.807) is 23.1 Å². The fourth-order valence-corrected chi connectivity index (χ4v) is 2.74. The lowest BCUT2D eigenvalue weighted by Gasteiger charge is -2.07. The molecule has 0 spiro atoms. The second kappa shape index (κ2) is 5.52. The summed E-state index contributed by atoms with van der Waals surface area (Å²) in [6.07, 6.45) is 3.99. The van der Waals surface area contributed by atoms with Crippen LogP contribution in [0.25, 0.3) is 16.9 Å². The first kappa shape index (κ1) is 14.5. The molecule has 0 amide bonds. The fourth-order valence-electron chi connectivity index (χ4n) is 2.74. The van der Waals surface area contributed by atoms with Crippen LogP contribution in [-0.2, 0) is 13.5 Å². The molecule has 0 bridgehead atoms. The second-order valence-corrected chi connectivity index (χ2v) is 5.60. The zero-order valence-electron chi connectivity index (χ0n) is 13.3. The Balaban J connectivity index is 1.75. The Kier molecular flexibility index (Phi) is 3.34. The maximum atomic E-state index is 13.5. The molecule has 0 N–H and O–H groups in total. The molecule has 0 aliphatic heterocycles. The molecule has 4 rings (SSSR count). The standard InChI is InChI=1S/C17H15FN6/c1-11-19-10-15-17(21-11)23(2)16(22-15)9-14-6-7-20-24(14)13-5-3-4-12(18)8-13/h3-8,10H,9H2,1-2H3. The van der Waals surface area contributed by atoms with Crippen molar-refractivity contribution >= 4 is 11.2 Å². The van der Waals surface area contributed by atoms with Crippen molar-refractivity contribution < 1.29 is 4.39 Å². The van der Waals surface area contributed by atoms with Crippen LogP contribution >= 0.6 is 0 Å². The molecule has 0 fully saturated rings.